The Morgan fingerprint density at radius 1 is 1.26 bits per heavy atom. The van der Waals surface area contributed by atoms with Crippen molar-refractivity contribution in [2.75, 3.05) is 24.5 Å². The van der Waals surface area contributed by atoms with Crippen LogP contribution in [0, 0.1) is 0 Å². The number of rotatable bonds is 5. The minimum Gasteiger partial charge on any atom is -0.367 e. The highest BCUT2D eigenvalue weighted by Gasteiger charge is 2.18. The number of benzene rings is 1. The second-order valence-corrected chi connectivity index (χ2v) is 5.34. The average Bonchev–Trinajstić information content (AvgIpc) is 2.45. The predicted molar refractivity (Wildman–Crippen MR) is 83.7 cm³/mol. The molecule has 19 heavy (non-hydrogen) atoms. The van der Waals surface area contributed by atoms with Gasteiger partial charge < -0.3 is 10.2 Å². The first-order valence-corrected chi connectivity index (χ1v) is 7.49. The maximum Gasteiger partial charge on any atom is 0.0417 e. The highest BCUT2D eigenvalue weighted by atomic mass is 15.1. The molecule has 1 N–H and O–H groups in total. The van der Waals surface area contributed by atoms with Crippen molar-refractivity contribution in [3.63, 3.8) is 0 Å². The zero-order chi connectivity index (χ0) is 13.7. The minimum atomic E-state index is 0.465. The molecule has 0 spiro atoms. The van der Waals surface area contributed by atoms with E-state index in [4.69, 9.17) is 0 Å². The van der Waals surface area contributed by atoms with E-state index in [-0.39, 0.29) is 0 Å². The van der Waals surface area contributed by atoms with Crippen LogP contribution >= 0.6 is 0 Å². The van der Waals surface area contributed by atoms with Gasteiger partial charge in [-0.05, 0) is 37.9 Å². The quantitative estimate of drug-likeness (QED) is 0.806. The molecule has 1 aromatic carbocycles. The zero-order valence-electron chi connectivity index (χ0n) is 12.4. The number of para-hydroxylation sites is 1. The van der Waals surface area contributed by atoms with Crippen molar-refractivity contribution in [3.8, 4) is 0 Å². The van der Waals surface area contributed by atoms with Crippen LogP contribution in [0.5, 0.6) is 0 Å². The Morgan fingerprint density at radius 2 is 2.05 bits per heavy atom. The molecule has 2 heteroatoms. The van der Waals surface area contributed by atoms with Gasteiger partial charge in [0.05, 0.1) is 0 Å². The van der Waals surface area contributed by atoms with Crippen LogP contribution in [-0.4, -0.2) is 19.6 Å². The van der Waals surface area contributed by atoms with E-state index < -0.39 is 0 Å². The summed E-state index contributed by atoms with van der Waals surface area (Å²) in [6.45, 7) is 9.89. The lowest BCUT2D eigenvalue weighted by Crippen LogP contribution is -2.31. The van der Waals surface area contributed by atoms with Gasteiger partial charge in [0, 0.05) is 24.8 Å². The molecular formula is C17H26N2. The van der Waals surface area contributed by atoms with Gasteiger partial charge in [-0.25, -0.2) is 0 Å². The Labute approximate surface area is 117 Å². The van der Waals surface area contributed by atoms with Gasteiger partial charge in [-0.15, -0.1) is 0 Å². The summed E-state index contributed by atoms with van der Waals surface area (Å²) in [6.07, 6.45) is 4.66. The van der Waals surface area contributed by atoms with Gasteiger partial charge in [0.2, 0.25) is 0 Å². The number of hydrogen-bond acceptors (Lipinski definition) is 2. The summed E-state index contributed by atoms with van der Waals surface area (Å²) in [5, 5.41) is 3.60. The second kappa shape index (κ2) is 6.76. The lowest BCUT2D eigenvalue weighted by Gasteiger charge is -2.32. The van der Waals surface area contributed by atoms with Gasteiger partial charge in [0.15, 0.2) is 0 Å². The first-order chi connectivity index (χ1) is 9.26. The molecule has 1 atom stereocenters. The molecule has 1 aliphatic heterocycles. The predicted octanol–water partition coefficient (Wildman–Crippen LogP) is 3.90. The van der Waals surface area contributed by atoms with Crippen LogP contribution in [0.2, 0.25) is 0 Å². The average molecular weight is 258 g/mol. The number of nitrogens with one attached hydrogen (secondary N) is 1. The van der Waals surface area contributed by atoms with Crippen LogP contribution in [0.4, 0.5) is 5.69 Å². The van der Waals surface area contributed by atoms with Crippen LogP contribution in [0.3, 0.4) is 0 Å². The molecule has 0 saturated heterocycles. The van der Waals surface area contributed by atoms with Gasteiger partial charge >= 0.3 is 0 Å². The first kappa shape index (κ1) is 14.1. The maximum atomic E-state index is 3.60. The lowest BCUT2D eigenvalue weighted by molar-refractivity contribution is 0.536. The normalized spacial score (nSPS) is 17.2. The van der Waals surface area contributed by atoms with Crippen LogP contribution in [0.1, 0.15) is 45.2 Å². The van der Waals surface area contributed by atoms with E-state index in [0.29, 0.717) is 6.04 Å². The highest BCUT2D eigenvalue weighted by molar-refractivity contribution is 5.56. The Morgan fingerprint density at radius 3 is 2.74 bits per heavy atom. The smallest absolute Gasteiger partial charge is 0.0417 e. The maximum absolute atomic E-state index is 3.60. The van der Waals surface area contributed by atoms with Crippen LogP contribution in [0.25, 0.3) is 0 Å². The van der Waals surface area contributed by atoms with Gasteiger partial charge in [0.25, 0.3) is 0 Å². The minimum absolute atomic E-state index is 0.465. The summed E-state index contributed by atoms with van der Waals surface area (Å²) in [6, 6.07) is 9.33. The van der Waals surface area contributed by atoms with Crippen LogP contribution in [0.15, 0.2) is 35.9 Å². The molecule has 0 fully saturated rings. The van der Waals surface area contributed by atoms with Gasteiger partial charge in [-0.3, -0.25) is 0 Å². The third-order valence-electron chi connectivity index (χ3n) is 3.84. The Kier molecular flexibility index (Phi) is 5.03. The van der Waals surface area contributed by atoms with Crippen LogP contribution < -0.4 is 10.2 Å². The molecule has 1 unspecified atom stereocenters. The fourth-order valence-electron chi connectivity index (χ4n) is 2.91. The van der Waals surface area contributed by atoms with E-state index in [1.807, 2.05) is 0 Å². The van der Waals surface area contributed by atoms with Gasteiger partial charge in [-0.1, -0.05) is 43.7 Å². The van der Waals surface area contributed by atoms with Crippen molar-refractivity contribution in [1.82, 2.24) is 5.32 Å². The van der Waals surface area contributed by atoms with E-state index in [9.17, 15) is 0 Å². The van der Waals surface area contributed by atoms with Gasteiger partial charge in [0.1, 0.15) is 0 Å². The molecule has 0 saturated carbocycles. The molecule has 2 rings (SSSR count). The third-order valence-corrected chi connectivity index (χ3v) is 3.84. The molecule has 2 nitrogen and oxygen atoms in total. The lowest BCUT2D eigenvalue weighted by atomic mass is 10.00. The monoisotopic (exact) mass is 258 g/mol. The van der Waals surface area contributed by atoms with Crippen molar-refractivity contribution < 1.29 is 0 Å². The van der Waals surface area contributed by atoms with Gasteiger partial charge in [-0.2, -0.15) is 0 Å². The largest absolute Gasteiger partial charge is 0.367 e. The van der Waals surface area contributed by atoms with Crippen molar-refractivity contribution in [1.29, 1.82) is 0 Å². The van der Waals surface area contributed by atoms with E-state index >= 15 is 0 Å². The van der Waals surface area contributed by atoms with E-state index in [1.165, 1.54) is 16.8 Å². The fraction of sp³-hybridized carbons (Fsp3) is 0.529. The molecule has 0 aromatic heterocycles. The van der Waals surface area contributed by atoms with Crippen molar-refractivity contribution in [2.24, 2.45) is 0 Å². The SMILES string of the molecule is CCNC(CC)c1ccccc1N1CCC=C(C)C1. The number of hydrogen-bond donors (Lipinski definition) is 1. The molecular weight excluding hydrogens is 232 g/mol. The molecule has 0 bridgehead atoms. The molecule has 1 aliphatic rings. The Bertz CT molecular complexity index is 437. The summed E-state index contributed by atoms with van der Waals surface area (Å²) < 4.78 is 0. The fourth-order valence-corrected chi connectivity index (χ4v) is 2.91. The van der Waals surface area contributed by atoms with Crippen molar-refractivity contribution in [3.05, 3.63) is 41.5 Å². The summed E-state index contributed by atoms with van der Waals surface area (Å²) in [5.41, 5.74) is 4.34. The third kappa shape index (κ3) is 3.38. The number of nitrogens with zero attached hydrogens (tertiary/aromatic N) is 1. The summed E-state index contributed by atoms with van der Waals surface area (Å²) in [4.78, 5) is 2.52. The summed E-state index contributed by atoms with van der Waals surface area (Å²) in [7, 11) is 0. The van der Waals surface area contributed by atoms with Crippen molar-refractivity contribution >= 4 is 5.69 Å². The molecule has 0 radical (unpaired) electrons. The highest BCUT2D eigenvalue weighted by Crippen LogP contribution is 2.30. The molecule has 0 amide bonds. The first-order valence-electron chi connectivity index (χ1n) is 7.49. The Hall–Kier alpha value is -1.28. The molecule has 1 heterocycles. The second-order valence-electron chi connectivity index (χ2n) is 5.34. The van der Waals surface area contributed by atoms with Crippen molar-refractivity contribution in [2.45, 2.75) is 39.7 Å². The number of anilines is 1. The molecule has 1 aromatic rings. The standard InChI is InChI=1S/C17H26N2/c1-4-16(18-5-2)15-10-6-7-11-17(15)19-12-8-9-14(3)13-19/h6-7,9-11,16,18H,4-5,8,12-13H2,1-3H3. The molecule has 104 valence electrons. The summed E-state index contributed by atoms with van der Waals surface area (Å²) in [5.74, 6) is 0. The molecule has 0 aliphatic carbocycles. The topological polar surface area (TPSA) is 15.3 Å². The van der Waals surface area contributed by atoms with E-state index in [0.717, 1.165) is 32.5 Å². The summed E-state index contributed by atoms with van der Waals surface area (Å²) >= 11 is 0. The van der Waals surface area contributed by atoms with Crippen LogP contribution in [-0.2, 0) is 0 Å². The van der Waals surface area contributed by atoms with E-state index in [2.05, 4.69) is 61.3 Å². The Balaban J connectivity index is 2.27. The van der Waals surface area contributed by atoms with E-state index in [1.54, 1.807) is 0 Å². The zero-order valence-corrected chi connectivity index (χ0v) is 12.4.